The Morgan fingerprint density at radius 2 is 1.55 bits per heavy atom. The smallest absolute Gasteiger partial charge is 0.744 e. The number of phenolic OH excluding ortho intramolecular Hbond substituents is 1. The number of amides is 1. The van der Waals surface area contributed by atoms with E-state index < -0.39 is 30.8 Å². The van der Waals surface area contributed by atoms with Gasteiger partial charge in [0.15, 0.2) is 0 Å². The van der Waals surface area contributed by atoms with Crippen LogP contribution in [0.25, 0.3) is 32.3 Å². The molecule has 0 fully saturated rings. The Balaban J connectivity index is 0.00000280. The molecule has 4 rings (SSSR count). The molecule has 3 N–H and O–H groups in total. The fraction of sp³-hybridized carbons (Fsp3) is 0.174. The van der Waals surface area contributed by atoms with Gasteiger partial charge in [0.05, 0.1) is 21.8 Å². The minimum absolute atomic E-state index is 0. The van der Waals surface area contributed by atoms with Crippen LogP contribution in [0.4, 0.5) is 0 Å². The first-order chi connectivity index (χ1) is 17.9. The number of hydrogen-bond acceptors (Lipinski definition) is 11. The summed E-state index contributed by atoms with van der Waals surface area (Å²) in [4.78, 5) is 10.7. The van der Waals surface area contributed by atoms with E-state index >= 15 is 0 Å². The van der Waals surface area contributed by atoms with E-state index in [0.717, 1.165) is 12.1 Å². The third kappa shape index (κ3) is 7.12. The van der Waals surface area contributed by atoms with Gasteiger partial charge in [-0.25, -0.2) is 21.6 Å². The average Bonchev–Trinajstić information content (AvgIpc) is 2.85. The molecule has 1 amide bonds. The Morgan fingerprint density at radius 3 is 2.15 bits per heavy atom. The van der Waals surface area contributed by atoms with Crippen LogP contribution in [0.2, 0.25) is 0 Å². The van der Waals surface area contributed by atoms with Crippen LogP contribution in [0, 0.1) is 0 Å². The maximum absolute atomic E-state index is 13.2. The van der Waals surface area contributed by atoms with Gasteiger partial charge in [-0.3, -0.25) is 9.83 Å². The molecule has 17 heteroatoms. The third-order valence-electron chi connectivity index (χ3n) is 5.79. The van der Waals surface area contributed by atoms with Gasteiger partial charge in [-0.2, -0.15) is 4.33 Å². The standard InChI is InChI=1S/C23H22N2O10S3.2Na/c1-12(2)23(27)24-8-3-9-25-37(29,30)19-10-17(26)13-4-6-16-20(38(31,32)33)11-18(36-35-34-28)14-5-7-15(19)21(13)22(14)16;;/h4-7,10-11,25-26,28H,1,3,8-9H2,2H3,(H,24,27)(H,31,32,33);;/q;2*+1/p-2. The van der Waals surface area contributed by atoms with Gasteiger partial charge < -0.3 is 20.2 Å². The van der Waals surface area contributed by atoms with Gasteiger partial charge in [-0.05, 0) is 36.2 Å². The number of carbonyl (C=O) groups excluding carboxylic acids is 1. The van der Waals surface area contributed by atoms with Crippen LogP contribution in [0.15, 0.2) is 63.2 Å². The molecule has 0 saturated heterocycles. The minimum atomic E-state index is -5.02. The van der Waals surface area contributed by atoms with Gasteiger partial charge in [0.2, 0.25) is 15.9 Å². The Kier molecular flexibility index (Phi) is 12.3. The van der Waals surface area contributed by atoms with Crippen molar-refractivity contribution in [2.24, 2.45) is 0 Å². The summed E-state index contributed by atoms with van der Waals surface area (Å²) in [6, 6.07) is 7.75. The molecular weight excluding hydrogens is 606 g/mol. The number of benzene rings is 4. The summed E-state index contributed by atoms with van der Waals surface area (Å²) in [6.45, 7) is 5.22. The monoisotopic (exact) mass is 626 g/mol. The Morgan fingerprint density at radius 1 is 0.975 bits per heavy atom. The maximum atomic E-state index is 13.2. The molecule has 4 aromatic carbocycles. The summed E-state index contributed by atoms with van der Waals surface area (Å²) >= 11 is 0.370. The molecule has 0 spiro atoms. The van der Waals surface area contributed by atoms with Crippen molar-refractivity contribution >= 4 is 70.4 Å². The van der Waals surface area contributed by atoms with Crippen molar-refractivity contribution in [3.05, 3.63) is 48.6 Å². The Hall–Kier alpha value is -1.02. The summed E-state index contributed by atoms with van der Waals surface area (Å²) in [5.74, 6) is -0.751. The van der Waals surface area contributed by atoms with Gasteiger partial charge in [-0.1, -0.05) is 24.8 Å². The van der Waals surface area contributed by atoms with E-state index in [1.54, 1.807) is 6.92 Å². The topological polar surface area (TPSA) is 194 Å². The second kappa shape index (κ2) is 14.0. The Bertz CT molecular complexity index is 1800. The van der Waals surface area contributed by atoms with Crippen molar-refractivity contribution in [1.82, 2.24) is 10.0 Å². The molecule has 0 heterocycles. The predicted molar refractivity (Wildman–Crippen MR) is 135 cm³/mol. The van der Waals surface area contributed by atoms with Crippen molar-refractivity contribution in [2.45, 2.75) is 28.0 Å². The molecule has 0 bridgehead atoms. The van der Waals surface area contributed by atoms with E-state index in [9.17, 15) is 36.5 Å². The first-order valence-electron chi connectivity index (χ1n) is 10.9. The SMILES string of the molecule is C=C(C)C(=O)NCCCNS(=O)(=O)c1cc(O)c2ccc3c(S(=O)(=O)[O-])cc(SOO[O-])c4ccc1c2c43.[Na+].[Na+]. The van der Waals surface area contributed by atoms with Crippen molar-refractivity contribution in [3.63, 3.8) is 0 Å². The van der Waals surface area contributed by atoms with Crippen LogP contribution in [0.5, 0.6) is 5.75 Å². The summed E-state index contributed by atoms with van der Waals surface area (Å²) in [5, 5.41) is 28.1. The number of aromatic hydroxyl groups is 1. The van der Waals surface area contributed by atoms with E-state index in [1.807, 2.05) is 0 Å². The second-order valence-electron chi connectivity index (χ2n) is 8.30. The molecule has 40 heavy (non-hydrogen) atoms. The Labute approximate surface area is 278 Å². The van der Waals surface area contributed by atoms with Gasteiger partial charge in [0.1, 0.15) is 15.9 Å². The fourth-order valence-electron chi connectivity index (χ4n) is 4.15. The first-order valence-corrected chi connectivity index (χ1v) is 14.5. The van der Waals surface area contributed by atoms with Crippen molar-refractivity contribution in [3.8, 4) is 5.75 Å². The number of hydrogen-bond donors (Lipinski definition) is 3. The van der Waals surface area contributed by atoms with E-state index in [4.69, 9.17) is 0 Å². The average molecular weight is 627 g/mol. The van der Waals surface area contributed by atoms with Crippen molar-refractivity contribution < 1.29 is 105 Å². The molecule has 202 valence electrons. The fourth-order valence-corrected chi connectivity index (χ4v) is 6.75. The normalized spacial score (nSPS) is 11.9. The molecule has 0 atom stereocenters. The summed E-state index contributed by atoms with van der Waals surface area (Å²) < 4.78 is 69.4. The number of nitrogens with one attached hydrogen (secondary N) is 2. The molecule has 0 radical (unpaired) electrons. The number of carbonyl (C=O) groups is 1. The molecule has 0 aromatic heterocycles. The van der Waals surface area contributed by atoms with Crippen molar-refractivity contribution in [1.29, 1.82) is 0 Å². The van der Waals surface area contributed by atoms with Crippen LogP contribution < -0.4 is 74.4 Å². The molecular formula is C23H20N2Na2O10S3. The second-order valence-corrected chi connectivity index (χ2v) is 12.1. The van der Waals surface area contributed by atoms with Crippen LogP contribution in [-0.4, -0.2) is 45.5 Å². The summed E-state index contributed by atoms with van der Waals surface area (Å²) in [6.07, 6.45) is 0.267. The van der Waals surface area contributed by atoms with Gasteiger partial charge in [0, 0.05) is 51.2 Å². The molecule has 4 aromatic rings. The van der Waals surface area contributed by atoms with Crippen LogP contribution in [0.1, 0.15) is 13.3 Å². The van der Waals surface area contributed by atoms with Crippen molar-refractivity contribution in [2.75, 3.05) is 13.1 Å². The zero-order chi connectivity index (χ0) is 27.8. The zero-order valence-corrected chi connectivity index (χ0v) is 28.1. The molecule has 0 saturated carbocycles. The number of phenols is 1. The maximum Gasteiger partial charge on any atom is 1.00 e. The van der Waals surface area contributed by atoms with Gasteiger partial charge in [0.25, 0.3) is 0 Å². The molecule has 0 aliphatic heterocycles. The number of rotatable bonds is 11. The molecule has 0 unspecified atom stereocenters. The largest absolute Gasteiger partial charge is 1.00 e. The van der Waals surface area contributed by atoms with Gasteiger partial charge in [-0.15, -0.1) is 0 Å². The van der Waals surface area contributed by atoms with Gasteiger partial charge >= 0.3 is 59.1 Å². The third-order valence-corrected chi connectivity index (χ3v) is 8.81. The van der Waals surface area contributed by atoms with Crippen LogP contribution in [-0.2, 0) is 34.3 Å². The first kappa shape index (κ1) is 35.2. The van der Waals surface area contributed by atoms with E-state index in [-0.39, 0.29) is 121 Å². The quantitative estimate of drug-likeness (QED) is 0.0214. The predicted octanol–water partition coefficient (Wildman–Crippen LogP) is -4.21. The van der Waals surface area contributed by atoms with E-state index in [0.29, 0.717) is 23.0 Å². The zero-order valence-electron chi connectivity index (χ0n) is 21.6. The molecule has 12 nitrogen and oxygen atoms in total. The summed E-state index contributed by atoms with van der Waals surface area (Å²) in [5.41, 5.74) is 0.316. The van der Waals surface area contributed by atoms with Crippen LogP contribution >= 0.6 is 12.0 Å². The van der Waals surface area contributed by atoms with E-state index in [2.05, 4.69) is 26.0 Å². The van der Waals surface area contributed by atoms with E-state index in [1.165, 1.54) is 24.3 Å². The molecule has 0 aliphatic rings. The summed E-state index contributed by atoms with van der Waals surface area (Å²) in [7, 11) is -9.22. The minimum Gasteiger partial charge on any atom is -0.744 e. The number of sulfonamides is 1. The van der Waals surface area contributed by atoms with Crippen LogP contribution in [0.3, 0.4) is 0 Å². The molecule has 0 aliphatic carbocycles.